The van der Waals surface area contributed by atoms with Crippen molar-refractivity contribution in [1.29, 1.82) is 0 Å². The van der Waals surface area contributed by atoms with Crippen LogP contribution < -0.4 is 14.8 Å². The molecule has 0 aliphatic heterocycles. The summed E-state index contributed by atoms with van der Waals surface area (Å²) >= 11 is 5.85. The van der Waals surface area contributed by atoms with Crippen LogP contribution in [0.3, 0.4) is 0 Å². The molecule has 0 saturated heterocycles. The Morgan fingerprint density at radius 3 is 2.40 bits per heavy atom. The van der Waals surface area contributed by atoms with E-state index in [4.69, 9.17) is 21.1 Å². The van der Waals surface area contributed by atoms with Crippen LogP contribution in [0.15, 0.2) is 42.5 Å². The minimum Gasteiger partial charge on any atom is -0.493 e. The minimum absolute atomic E-state index is 0.0106. The molecule has 25 heavy (non-hydrogen) atoms. The number of ether oxygens (including phenoxy) is 2. The summed E-state index contributed by atoms with van der Waals surface area (Å²) in [5.74, 6) is 1.41. The van der Waals surface area contributed by atoms with Crippen molar-refractivity contribution in [2.24, 2.45) is 0 Å². The number of rotatable bonds is 8. The average Bonchev–Trinajstić information content (AvgIpc) is 2.60. The Kier molecular flexibility index (Phi) is 7.14. The summed E-state index contributed by atoms with van der Waals surface area (Å²) in [7, 11) is 1.62. The number of aryl methyl sites for hydroxylation is 1. The predicted molar refractivity (Wildman–Crippen MR) is 100 cm³/mol. The van der Waals surface area contributed by atoms with Gasteiger partial charge in [-0.25, -0.2) is 0 Å². The molecule has 5 heteroatoms. The summed E-state index contributed by atoms with van der Waals surface area (Å²) in [5.41, 5.74) is 2.06. The molecule has 0 fully saturated rings. The summed E-state index contributed by atoms with van der Waals surface area (Å²) in [6, 6.07) is 13.2. The first-order valence-corrected chi connectivity index (χ1v) is 8.70. The third-order valence-corrected chi connectivity index (χ3v) is 3.89. The second-order valence-corrected chi connectivity index (χ2v) is 6.49. The van der Waals surface area contributed by atoms with Crippen LogP contribution in [0.5, 0.6) is 11.5 Å². The van der Waals surface area contributed by atoms with Crippen molar-refractivity contribution in [2.75, 3.05) is 7.11 Å². The number of carbonyl (C=O) groups excluding carboxylic acids is 1. The normalized spacial score (nSPS) is 10.6. The first-order valence-electron chi connectivity index (χ1n) is 8.32. The standard InChI is InChI=1S/C20H24ClNO3/c1-14(2)25-18-10-6-15(12-19(18)24-3)7-11-20(23)22-13-16-4-8-17(21)9-5-16/h4-6,8-10,12,14H,7,11,13H2,1-3H3,(H,22,23). The van der Waals surface area contributed by atoms with Crippen LogP contribution in [0.1, 0.15) is 31.4 Å². The molecule has 2 aromatic rings. The van der Waals surface area contributed by atoms with Gasteiger partial charge in [0, 0.05) is 18.0 Å². The maximum absolute atomic E-state index is 12.0. The van der Waals surface area contributed by atoms with Gasteiger partial charge in [-0.3, -0.25) is 4.79 Å². The molecule has 1 amide bonds. The molecule has 2 aromatic carbocycles. The number of hydrogen-bond donors (Lipinski definition) is 1. The Hall–Kier alpha value is -2.20. The second kappa shape index (κ2) is 9.33. The molecule has 0 spiro atoms. The SMILES string of the molecule is COc1cc(CCC(=O)NCc2ccc(Cl)cc2)ccc1OC(C)C. The Bertz CT molecular complexity index is 699. The van der Waals surface area contributed by atoms with Crippen molar-refractivity contribution in [3.63, 3.8) is 0 Å². The van der Waals surface area contributed by atoms with Crippen LogP contribution >= 0.6 is 11.6 Å². The zero-order valence-corrected chi connectivity index (χ0v) is 15.6. The molecule has 0 heterocycles. The van der Waals surface area contributed by atoms with Gasteiger partial charge in [0.05, 0.1) is 13.2 Å². The van der Waals surface area contributed by atoms with Gasteiger partial charge in [-0.1, -0.05) is 29.8 Å². The van der Waals surface area contributed by atoms with E-state index >= 15 is 0 Å². The predicted octanol–water partition coefficient (Wildman–Crippen LogP) is 4.38. The maximum Gasteiger partial charge on any atom is 0.220 e. The number of methoxy groups -OCH3 is 1. The van der Waals surface area contributed by atoms with Gasteiger partial charge in [-0.05, 0) is 55.7 Å². The van der Waals surface area contributed by atoms with E-state index in [0.29, 0.717) is 35.9 Å². The fraction of sp³-hybridized carbons (Fsp3) is 0.350. The first-order chi connectivity index (χ1) is 12.0. The highest BCUT2D eigenvalue weighted by Gasteiger charge is 2.09. The quantitative estimate of drug-likeness (QED) is 0.758. The summed E-state index contributed by atoms with van der Waals surface area (Å²) in [6.45, 7) is 4.44. The van der Waals surface area contributed by atoms with Gasteiger partial charge in [0.1, 0.15) is 0 Å². The highest BCUT2D eigenvalue weighted by atomic mass is 35.5. The average molecular weight is 362 g/mol. The fourth-order valence-electron chi connectivity index (χ4n) is 2.37. The Morgan fingerprint density at radius 2 is 1.76 bits per heavy atom. The summed E-state index contributed by atoms with van der Waals surface area (Å²) < 4.78 is 11.1. The van der Waals surface area contributed by atoms with E-state index in [-0.39, 0.29) is 12.0 Å². The Balaban J connectivity index is 1.85. The van der Waals surface area contributed by atoms with Crippen molar-refractivity contribution >= 4 is 17.5 Å². The van der Waals surface area contributed by atoms with Gasteiger partial charge in [-0.15, -0.1) is 0 Å². The number of halogens is 1. The lowest BCUT2D eigenvalue weighted by Gasteiger charge is -2.14. The Labute approximate surface area is 154 Å². The van der Waals surface area contributed by atoms with Gasteiger partial charge in [0.2, 0.25) is 5.91 Å². The minimum atomic E-state index is 0.0106. The molecule has 4 nitrogen and oxygen atoms in total. The fourth-order valence-corrected chi connectivity index (χ4v) is 2.49. The third kappa shape index (κ3) is 6.31. The lowest BCUT2D eigenvalue weighted by molar-refractivity contribution is -0.121. The zero-order chi connectivity index (χ0) is 18.2. The van der Waals surface area contributed by atoms with Crippen LogP contribution in [-0.4, -0.2) is 19.1 Å². The maximum atomic E-state index is 12.0. The second-order valence-electron chi connectivity index (χ2n) is 6.06. The van der Waals surface area contributed by atoms with E-state index in [1.807, 2.05) is 56.3 Å². The van der Waals surface area contributed by atoms with E-state index in [2.05, 4.69) is 5.32 Å². The molecule has 0 bridgehead atoms. The molecule has 0 aliphatic rings. The van der Waals surface area contributed by atoms with Crippen LogP contribution in [-0.2, 0) is 17.8 Å². The van der Waals surface area contributed by atoms with E-state index < -0.39 is 0 Å². The summed E-state index contributed by atoms with van der Waals surface area (Å²) in [5, 5.41) is 3.61. The van der Waals surface area contributed by atoms with Gasteiger partial charge in [0.15, 0.2) is 11.5 Å². The number of hydrogen-bond acceptors (Lipinski definition) is 3. The van der Waals surface area contributed by atoms with E-state index in [0.717, 1.165) is 11.1 Å². The molecular formula is C20H24ClNO3. The molecule has 0 saturated carbocycles. The van der Waals surface area contributed by atoms with Crippen LogP contribution in [0.2, 0.25) is 5.02 Å². The lowest BCUT2D eigenvalue weighted by Crippen LogP contribution is -2.22. The van der Waals surface area contributed by atoms with Gasteiger partial charge < -0.3 is 14.8 Å². The molecule has 0 unspecified atom stereocenters. The van der Waals surface area contributed by atoms with Gasteiger partial charge >= 0.3 is 0 Å². The van der Waals surface area contributed by atoms with Gasteiger partial charge in [0.25, 0.3) is 0 Å². The van der Waals surface area contributed by atoms with Crippen molar-refractivity contribution in [1.82, 2.24) is 5.32 Å². The molecular weight excluding hydrogens is 338 g/mol. The van der Waals surface area contributed by atoms with Crippen molar-refractivity contribution < 1.29 is 14.3 Å². The van der Waals surface area contributed by atoms with E-state index in [9.17, 15) is 4.79 Å². The van der Waals surface area contributed by atoms with Crippen molar-refractivity contribution in [3.05, 3.63) is 58.6 Å². The van der Waals surface area contributed by atoms with E-state index in [1.54, 1.807) is 7.11 Å². The lowest BCUT2D eigenvalue weighted by atomic mass is 10.1. The highest BCUT2D eigenvalue weighted by Crippen LogP contribution is 2.29. The van der Waals surface area contributed by atoms with Crippen LogP contribution in [0.25, 0.3) is 0 Å². The number of carbonyl (C=O) groups is 1. The number of benzene rings is 2. The third-order valence-electron chi connectivity index (χ3n) is 3.63. The van der Waals surface area contributed by atoms with Crippen LogP contribution in [0.4, 0.5) is 0 Å². The molecule has 0 aromatic heterocycles. The first kappa shape index (κ1) is 19.1. The molecule has 0 aliphatic carbocycles. The molecule has 0 radical (unpaired) electrons. The summed E-state index contributed by atoms with van der Waals surface area (Å²) in [6.07, 6.45) is 1.14. The monoisotopic (exact) mass is 361 g/mol. The highest BCUT2D eigenvalue weighted by molar-refractivity contribution is 6.30. The van der Waals surface area contributed by atoms with Crippen molar-refractivity contribution in [3.8, 4) is 11.5 Å². The van der Waals surface area contributed by atoms with E-state index in [1.165, 1.54) is 0 Å². The number of nitrogens with one attached hydrogen (secondary N) is 1. The smallest absolute Gasteiger partial charge is 0.220 e. The van der Waals surface area contributed by atoms with Crippen molar-refractivity contribution in [2.45, 2.75) is 39.3 Å². The topological polar surface area (TPSA) is 47.6 Å². The molecule has 0 atom stereocenters. The number of amides is 1. The summed E-state index contributed by atoms with van der Waals surface area (Å²) in [4.78, 5) is 12.0. The zero-order valence-electron chi connectivity index (χ0n) is 14.8. The molecule has 134 valence electrons. The van der Waals surface area contributed by atoms with Crippen LogP contribution in [0, 0.1) is 0 Å². The molecule has 1 N–H and O–H groups in total. The van der Waals surface area contributed by atoms with Gasteiger partial charge in [-0.2, -0.15) is 0 Å². The molecule has 2 rings (SSSR count). The largest absolute Gasteiger partial charge is 0.493 e. The Morgan fingerprint density at radius 1 is 1.08 bits per heavy atom.